The van der Waals surface area contributed by atoms with Gasteiger partial charge in [0.15, 0.2) is 0 Å². The summed E-state index contributed by atoms with van der Waals surface area (Å²) in [5.74, 6) is 0. The summed E-state index contributed by atoms with van der Waals surface area (Å²) in [6, 6.07) is 4.54. The van der Waals surface area contributed by atoms with E-state index in [-0.39, 0.29) is 10.8 Å². The van der Waals surface area contributed by atoms with Crippen LogP contribution in [0.4, 0.5) is 0 Å². The Morgan fingerprint density at radius 3 is 2.53 bits per heavy atom. The molecular formula is C12H15NOS. The molecule has 1 fully saturated rings. The third kappa shape index (κ3) is 1.32. The summed E-state index contributed by atoms with van der Waals surface area (Å²) in [6.45, 7) is 7.48. The Morgan fingerprint density at radius 1 is 1.53 bits per heavy atom. The molecule has 0 aliphatic carbocycles. The predicted octanol–water partition coefficient (Wildman–Crippen LogP) is 2.87. The van der Waals surface area contributed by atoms with Gasteiger partial charge in [-0.2, -0.15) is 5.26 Å². The molecule has 80 valence electrons. The van der Waals surface area contributed by atoms with Crippen LogP contribution in [-0.2, 0) is 10.2 Å². The lowest BCUT2D eigenvalue weighted by Crippen LogP contribution is -2.56. The standard InChI is InChI=1S/C12H15NOS/c1-9-4-5-15-10(9)12(7-14-8-12)11(2,3)6-13/h4-5H,7-8H2,1-3H3. The smallest absolute Gasteiger partial charge is 0.0697 e. The van der Waals surface area contributed by atoms with Crippen molar-refractivity contribution >= 4 is 11.3 Å². The van der Waals surface area contributed by atoms with Gasteiger partial charge in [-0.1, -0.05) is 0 Å². The monoisotopic (exact) mass is 221 g/mol. The van der Waals surface area contributed by atoms with Gasteiger partial charge >= 0.3 is 0 Å². The molecule has 3 heteroatoms. The van der Waals surface area contributed by atoms with Gasteiger partial charge in [0, 0.05) is 4.88 Å². The lowest BCUT2D eigenvalue weighted by molar-refractivity contribution is -0.101. The summed E-state index contributed by atoms with van der Waals surface area (Å²) in [4.78, 5) is 1.32. The normalized spacial score (nSPS) is 19.3. The highest BCUT2D eigenvalue weighted by molar-refractivity contribution is 7.10. The van der Waals surface area contributed by atoms with E-state index < -0.39 is 0 Å². The largest absolute Gasteiger partial charge is 0.379 e. The molecule has 0 spiro atoms. The van der Waals surface area contributed by atoms with Crippen LogP contribution in [0, 0.1) is 23.7 Å². The predicted molar refractivity (Wildman–Crippen MR) is 60.9 cm³/mol. The summed E-state index contributed by atoms with van der Waals surface area (Å²) in [7, 11) is 0. The van der Waals surface area contributed by atoms with Crippen LogP contribution in [0.2, 0.25) is 0 Å². The van der Waals surface area contributed by atoms with Gasteiger partial charge in [-0.3, -0.25) is 0 Å². The number of nitriles is 1. The molecule has 1 saturated heterocycles. The van der Waals surface area contributed by atoms with Crippen LogP contribution in [0.25, 0.3) is 0 Å². The molecule has 0 aromatic carbocycles. The van der Waals surface area contributed by atoms with Crippen molar-refractivity contribution in [3.8, 4) is 6.07 Å². The van der Waals surface area contributed by atoms with E-state index in [1.165, 1.54) is 10.4 Å². The van der Waals surface area contributed by atoms with E-state index in [2.05, 4.69) is 24.4 Å². The Bertz CT molecular complexity index is 410. The van der Waals surface area contributed by atoms with Gasteiger partial charge in [-0.25, -0.2) is 0 Å². The van der Waals surface area contributed by atoms with Gasteiger partial charge in [0.2, 0.25) is 0 Å². The van der Waals surface area contributed by atoms with Crippen LogP contribution in [0.5, 0.6) is 0 Å². The second-order valence-corrected chi connectivity index (χ2v) is 5.66. The van der Waals surface area contributed by atoms with Crippen molar-refractivity contribution in [3.05, 3.63) is 21.9 Å². The molecule has 0 atom stereocenters. The first kappa shape index (κ1) is 10.7. The number of hydrogen-bond acceptors (Lipinski definition) is 3. The van der Waals surface area contributed by atoms with E-state index in [9.17, 15) is 5.26 Å². The Hall–Kier alpha value is -0.850. The van der Waals surface area contributed by atoms with Crippen LogP contribution in [0.3, 0.4) is 0 Å². The van der Waals surface area contributed by atoms with Crippen LogP contribution in [0.1, 0.15) is 24.3 Å². The zero-order valence-corrected chi connectivity index (χ0v) is 10.1. The number of nitrogens with zero attached hydrogens (tertiary/aromatic N) is 1. The van der Waals surface area contributed by atoms with Crippen molar-refractivity contribution in [2.75, 3.05) is 13.2 Å². The third-order valence-electron chi connectivity index (χ3n) is 3.47. The van der Waals surface area contributed by atoms with E-state index in [0.29, 0.717) is 13.2 Å². The van der Waals surface area contributed by atoms with Gasteiger partial charge in [0.1, 0.15) is 0 Å². The Kier molecular flexibility index (Phi) is 2.37. The maximum absolute atomic E-state index is 9.28. The molecule has 1 aliphatic rings. The number of thiophene rings is 1. The molecule has 0 saturated carbocycles. The molecule has 1 aliphatic heterocycles. The molecule has 0 unspecified atom stereocenters. The highest BCUT2D eigenvalue weighted by atomic mass is 32.1. The number of aryl methyl sites for hydroxylation is 1. The lowest BCUT2D eigenvalue weighted by atomic mass is 9.63. The molecular weight excluding hydrogens is 206 g/mol. The average Bonchev–Trinajstić information content (AvgIpc) is 2.50. The maximum atomic E-state index is 9.28. The van der Waals surface area contributed by atoms with E-state index in [4.69, 9.17) is 4.74 Å². The number of rotatable bonds is 2. The number of hydrogen-bond donors (Lipinski definition) is 0. The fraction of sp³-hybridized carbons (Fsp3) is 0.583. The van der Waals surface area contributed by atoms with Crippen molar-refractivity contribution < 1.29 is 4.74 Å². The first-order valence-corrected chi connectivity index (χ1v) is 5.95. The molecule has 1 aromatic heterocycles. The van der Waals surface area contributed by atoms with Gasteiger partial charge in [0.05, 0.1) is 30.1 Å². The summed E-state index contributed by atoms with van der Waals surface area (Å²) < 4.78 is 5.36. The molecule has 0 bridgehead atoms. The van der Waals surface area contributed by atoms with Crippen molar-refractivity contribution in [2.24, 2.45) is 5.41 Å². The first-order chi connectivity index (χ1) is 7.03. The van der Waals surface area contributed by atoms with E-state index in [1.807, 2.05) is 13.8 Å². The fourth-order valence-electron chi connectivity index (χ4n) is 2.05. The van der Waals surface area contributed by atoms with Crippen molar-refractivity contribution in [2.45, 2.75) is 26.2 Å². The summed E-state index contributed by atoms with van der Waals surface area (Å²) >= 11 is 1.74. The molecule has 2 heterocycles. The summed E-state index contributed by atoms with van der Waals surface area (Å²) in [5.41, 5.74) is 0.840. The molecule has 2 nitrogen and oxygen atoms in total. The van der Waals surface area contributed by atoms with Crippen LogP contribution in [0.15, 0.2) is 11.4 Å². The lowest BCUT2D eigenvalue weighted by Gasteiger charge is -2.48. The Morgan fingerprint density at radius 2 is 2.20 bits per heavy atom. The van der Waals surface area contributed by atoms with Gasteiger partial charge in [0.25, 0.3) is 0 Å². The minimum Gasteiger partial charge on any atom is -0.379 e. The van der Waals surface area contributed by atoms with E-state index in [1.54, 1.807) is 11.3 Å². The van der Waals surface area contributed by atoms with Crippen LogP contribution in [-0.4, -0.2) is 13.2 Å². The molecule has 15 heavy (non-hydrogen) atoms. The first-order valence-electron chi connectivity index (χ1n) is 5.07. The van der Waals surface area contributed by atoms with Gasteiger partial charge in [-0.05, 0) is 37.8 Å². The van der Waals surface area contributed by atoms with E-state index >= 15 is 0 Å². The van der Waals surface area contributed by atoms with Crippen molar-refractivity contribution in [3.63, 3.8) is 0 Å². The second kappa shape index (κ2) is 3.33. The molecule has 2 rings (SSSR count). The van der Waals surface area contributed by atoms with E-state index in [0.717, 1.165) is 0 Å². The number of ether oxygens (including phenoxy) is 1. The zero-order chi connectivity index (χ0) is 11.1. The highest BCUT2D eigenvalue weighted by Crippen LogP contribution is 2.49. The van der Waals surface area contributed by atoms with Gasteiger partial charge < -0.3 is 4.74 Å². The maximum Gasteiger partial charge on any atom is 0.0697 e. The topological polar surface area (TPSA) is 33.0 Å². The Labute approximate surface area is 94.5 Å². The molecule has 0 radical (unpaired) electrons. The SMILES string of the molecule is Cc1ccsc1C1(C(C)(C)C#N)COC1. The fourth-order valence-corrected chi connectivity index (χ4v) is 3.31. The van der Waals surface area contributed by atoms with Gasteiger partial charge in [-0.15, -0.1) is 11.3 Å². The summed E-state index contributed by atoms with van der Waals surface area (Å²) in [5, 5.41) is 11.4. The summed E-state index contributed by atoms with van der Waals surface area (Å²) in [6.07, 6.45) is 0. The van der Waals surface area contributed by atoms with Crippen molar-refractivity contribution in [1.82, 2.24) is 0 Å². The second-order valence-electron chi connectivity index (χ2n) is 4.74. The zero-order valence-electron chi connectivity index (χ0n) is 9.33. The molecule has 0 amide bonds. The quantitative estimate of drug-likeness (QED) is 0.769. The molecule has 0 N–H and O–H groups in total. The van der Waals surface area contributed by atoms with Crippen LogP contribution < -0.4 is 0 Å². The van der Waals surface area contributed by atoms with Crippen molar-refractivity contribution in [1.29, 1.82) is 5.26 Å². The highest BCUT2D eigenvalue weighted by Gasteiger charge is 2.54. The van der Waals surface area contributed by atoms with Crippen LogP contribution >= 0.6 is 11.3 Å². The third-order valence-corrected chi connectivity index (χ3v) is 4.69. The average molecular weight is 221 g/mol. The minimum atomic E-state index is -0.360. The Balaban J connectivity index is 2.49. The molecule has 1 aromatic rings. The minimum absolute atomic E-state index is 0.0833.